The minimum atomic E-state index is -0.0810. The normalized spacial score (nSPS) is 35.4. The molecule has 3 nitrogen and oxygen atoms in total. The van der Waals surface area contributed by atoms with Crippen LogP contribution in [0.25, 0.3) is 0 Å². The molecule has 0 aromatic heterocycles. The number of hydrogen-bond donors (Lipinski definition) is 0. The summed E-state index contributed by atoms with van der Waals surface area (Å²) in [7, 11) is 1.66. The summed E-state index contributed by atoms with van der Waals surface area (Å²) >= 11 is 0. The molecule has 0 saturated carbocycles. The van der Waals surface area contributed by atoms with Gasteiger partial charge in [-0.2, -0.15) is 0 Å². The summed E-state index contributed by atoms with van der Waals surface area (Å²) in [5.41, 5.74) is 0. The second-order valence-corrected chi connectivity index (χ2v) is 2.53. The van der Waals surface area contributed by atoms with E-state index in [1.807, 2.05) is 0 Å². The molecule has 1 aliphatic heterocycles. The monoisotopic (exact) mass is 146 g/mol. The molecule has 0 amide bonds. The van der Waals surface area contributed by atoms with E-state index in [1.54, 1.807) is 7.11 Å². The molecule has 1 rings (SSSR count). The molecule has 1 saturated heterocycles. The van der Waals surface area contributed by atoms with Crippen molar-refractivity contribution in [1.82, 2.24) is 0 Å². The van der Waals surface area contributed by atoms with Crippen molar-refractivity contribution in [2.45, 2.75) is 13.2 Å². The average molecular weight is 146 g/mol. The second-order valence-electron chi connectivity index (χ2n) is 2.53. The SMILES string of the molecule is COC1OCCOCC1C. The van der Waals surface area contributed by atoms with Gasteiger partial charge in [-0.15, -0.1) is 0 Å². The van der Waals surface area contributed by atoms with Crippen LogP contribution in [0.3, 0.4) is 0 Å². The fraction of sp³-hybridized carbons (Fsp3) is 1.00. The molecule has 1 fully saturated rings. The van der Waals surface area contributed by atoms with E-state index in [2.05, 4.69) is 6.92 Å². The Kier molecular flexibility index (Phi) is 3.12. The first-order valence-electron chi connectivity index (χ1n) is 3.56. The smallest absolute Gasteiger partial charge is 0.162 e. The molecule has 10 heavy (non-hydrogen) atoms. The van der Waals surface area contributed by atoms with Crippen LogP contribution >= 0.6 is 0 Å². The molecule has 0 aromatic rings. The lowest BCUT2D eigenvalue weighted by Gasteiger charge is -2.17. The van der Waals surface area contributed by atoms with Crippen molar-refractivity contribution in [3.63, 3.8) is 0 Å². The Bertz CT molecular complexity index is 94.9. The highest BCUT2D eigenvalue weighted by atomic mass is 16.7. The van der Waals surface area contributed by atoms with E-state index in [-0.39, 0.29) is 6.29 Å². The van der Waals surface area contributed by atoms with Gasteiger partial charge >= 0.3 is 0 Å². The van der Waals surface area contributed by atoms with Crippen LogP contribution in [0.4, 0.5) is 0 Å². The van der Waals surface area contributed by atoms with Gasteiger partial charge < -0.3 is 14.2 Å². The van der Waals surface area contributed by atoms with Gasteiger partial charge in [0.15, 0.2) is 6.29 Å². The average Bonchev–Trinajstić information content (AvgIpc) is 2.13. The predicted molar refractivity (Wildman–Crippen MR) is 36.7 cm³/mol. The molecule has 0 bridgehead atoms. The Morgan fingerprint density at radius 3 is 2.90 bits per heavy atom. The van der Waals surface area contributed by atoms with Crippen LogP contribution in [0.2, 0.25) is 0 Å². The summed E-state index contributed by atoms with van der Waals surface area (Å²) in [6.45, 7) is 4.12. The highest BCUT2D eigenvalue weighted by molar-refractivity contribution is 4.58. The van der Waals surface area contributed by atoms with Crippen molar-refractivity contribution in [2.24, 2.45) is 5.92 Å². The zero-order valence-electron chi connectivity index (χ0n) is 6.50. The maximum absolute atomic E-state index is 5.32. The zero-order chi connectivity index (χ0) is 7.40. The molecule has 2 atom stereocenters. The number of ether oxygens (including phenoxy) is 3. The van der Waals surface area contributed by atoms with Gasteiger partial charge in [0, 0.05) is 13.0 Å². The molecular weight excluding hydrogens is 132 g/mol. The molecule has 2 unspecified atom stereocenters. The summed E-state index contributed by atoms with van der Waals surface area (Å²) in [6.07, 6.45) is -0.0810. The molecule has 3 heteroatoms. The minimum absolute atomic E-state index is 0.0810. The molecule has 0 radical (unpaired) electrons. The first-order valence-corrected chi connectivity index (χ1v) is 3.56. The van der Waals surface area contributed by atoms with Crippen molar-refractivity contribution in [2.75, 3.05) is 26.9 Å². The predicted octanol–water partition coefficient (Wildman–Crippen LogP) is 0.642. The third-order valence-corrected chi connectivity index (χ3v) is 1.59. The van der Waals surface area contributed by atoms with Crippen LogP contribution in [0.15, 0.2) is 0 Å². The quantitative estimate of drug-likeness (QED) is 0.543. The summed E-state index contributed by atoms with van der Waals surface area (Å²) in [4.78, 5) is 0. The van der Waals surface area contributed by atoms with Crippen LogP contribution in [0.1, 0.15) is 6.92 Å². The van der Waals surface area contributed by atoms with Gasteiger partial charge in [0.1, 0.15) is 0 Å². The highest BCUT2D eigenvalue weighted by Crippen LogP contribution is 2.11. The lowest BCUT2D eigenvalue weighted by molar-refractivity contribution is -0.141. The maximum Gasteiger partial charge on any atom is 0.162 e. The Morgan fingerprint density at radius 1 is 1.40 bits per heavy atom. The third-order valence-electron chi connectivity index (χ3n) is 1.59. The zero-order valence-corrected chi connectivity index (χ0v) is 6.50. The van der Waals surface area contributed by atoms with E-state index < -0.39 is 0 Å². The number of hydrogen-bond acceptors (Lipinski definition) is 3. The van der Waals surface area contributed by atoms with Gasteiger partial charge in [-0.3, -0.25) is 0 Å². The van der Waals surface area contributed by atoms with Crippen LogP contribution in [0.5, 0.6) is 0 Å². The van der Waals surface area contributed by atoms with Crippen LogP contribution in [-0.2, 0) is 14.2 Å². The lowest BCUT2D eigenvalue weighted by atomic mass is 10.2. The Morgan fingerprint density at radius 2 is 2.20 bits per heavy atom. The van der Waals surface area contributed by atoms with E-state index in [0.717, 1.165) is 6.61 Å². The molecular formula is C7H14O3. The van der Waals surface area contributed by atoms with Crippen LogP contribution in [0, 0.1) is 5.92 Å². The van der Waals surface area contributed by atoms with Gasteiger partial charge in [-0.05, 0) is 0 Å². The summed E-state index contributed by atoms with van der Waals surface area (Å²) in [6, 6.07) is 0. The molecule has 60 valence electrons. The molecule has 1 heterocycles. The second kappa shape index (κ2) is 3.91. The van der Waals surface area contributed by atoms with E-state index in [4.69, 9.17) is 14.2 Å². The van der Waals surface area contributed by atoms with Crippen LogP contribution in [-0.4, -0.2) is 33.2 Å². The van der Waals surface area contributed by atoms with Gasteiger partial charge in [0.05, 0.1) is 19.8 Å². The van der Waals surface area contributed by atoms with Crippen LogP contribution < -0.4 is 0 Å². The van der Waals surface area contributed by atoms with Crippen molar-refractivity contribution in [1.29, 1.82) is 0 Å². The largest absolute Gasteiger partial charge is 0.379 e. The fourth-order valence-electron chi connectivity index (χ4n) is 1.04. The number of rotatable bonds is 1. The molecule has 1 aliphatic rings. The topological polar surface area (TPSA) is 27.7 Å². The summed E-state index contributed by atoms with van der Waals surface area (Å²) in [5, 5.41) is 0. The Hall–Kier alpha value is -0.120. The Balaban J connectivity index is 2.35. The number of methoxy groups -OCH3 is 1. The molecule has 0 aromatic carbocycles. The first-order chi connectivity index (χ1) is 4.84. The van der Waals surface area contributed by atoms with Crippen molar-refractivity contribution >= 4 is 0 Å². The lowest BCUT2D eigenvalue weighted by Crippen LogP contribution is -2.24. The van der Waals surface area contributed by atoms with Crippen molar-refractivity contribution in [3.05, 3.63) is 0 Å². The summed E-state index contributed by atoms with van der Waals surface area (Å²) in [5.74, 6) is 0.340. The fourth-order valence-corrected chi connectivity index (χ4v) is 1.04. The third kappa shape index (κ3) is 1.94. The Labute approximate surface area is 61.3 Å². The molecule has 0 spiro atoms. The van der Waals surface area contributed by atoms with Gasteiger partial charge in [-0.1, -0.05) is 6.92 Å². The summed E-state index contributed by atoms with van der Waals surface area (Å²) < 4.78 is 15.6. The first kappa shape index (κ1) is 7.98. The van der Waals surface area contributed by atoms with Crippen molar-refractivity contribution in [3.8, 4) is 0 Å². The van der Waals surface area contributed by atoms with Gasteiger partial charge in [0.2, 0.25) is 0 Å². The van der Waals surface area contributed by atoms with E-state index in [0.29, 0.717) is 19.1 Å². The van der Waals surface area contributed by atoms with Gasteiger partial charge in [0.25, 0.3) is 0 Å². The molecule has 0 N–H and O–H groups in total. The van der Waals surface area contributed by atoms with Gasteiger partial charge in [-0.25, -0.2) is 0 Å². The van der Waals surface area contributed by atoms with E-state index in [9.17, 15) is 0 Å². The standard InChI is InChI=1S/C7H14O3/c1-6-5-9-3-4-10-7(6)8-2/h6-7H,3-5H2,1-2H3. The maximum atomic E-state index is 5.32. The minimum Gasteiger partial charge on any atom is -0.379 e. The molecule has 0 aliphatic carbocycles. The van der Waals surface area contributed by atoms with Crippen molar-refractivity contribution < 1.29 is 14.2 Å². The highest BCUT2D eigenvalue weighted by Gasteiger charge is 2.19. The van der Waals surface area contributed by atoms with E-state index in [1.165, 1.54) is 0 Å². The van der Waals surface area contributed by atoms with E-state index >= 15 is 0 Å².